The van der Waals surface area contributed by atoms with Crippen molar-refractivity contribution in [1.29, 1.82) is 0 Å². The molecule has 0 fully saturated rings. The molecule has 0 aliphatic heterocycles. The van der Waals surface area contributed by atoms with Crippen LogP contribution in [0.25, 0.3) is 0 Å². The Morgan fingerprint density at radius 1 is 1.47 bits per heavy atom. The molecule has 5 N–H and O–H groups in total. The van der Waals surface area contributed by atoms with Gasteiger partial charge in [-0.05, 0) is 24.6 Å². The van der Waals surface area contributed by atoms with E-state index in [2.05, 4.69) is 0 Å². The zero-order valence-corrected chi connectivity index (χ0v) is 8.47. The van der Waals surface area contributed by atoms with E-state index in [1.165, 1.54) is 18.2 Å². The van der Waals surface area contributed by atoms with E-state index in [0.717, 1.165) is 6.42 Å². The van der Waals surface area contributed by atoms with Crippen molar-refractivity contribution in [2.45, 2.75) is 13.3 Å². The highest BCUT2D eigenvalue weighted by molar-refractivity contribution is 5.91. The van der Waals surface area contributed by atoms with Gasteiger partial charge in [0, 0.05) is 12.3 Å². The number of rotatable bonds is 2. The van der Waals surface area contributed by atoms with E-state index in [0.29, 0.717) is 12.3 Å². The summed E-state index contributed by atoms with van der Waals surface area (Å²) in [7, 11) is 0. The summed E-state index contributed by atoms with van der Waals surface area (Å²) in [6.07, 6.45) is 0.875. The number of carboxylic acids is 1. The molecule has 0 aromatic heterocycles. The van der Waals surface area contributed by atoms with Crippen molar-refractivity contribution in [3.05, 3.63) is 23.8 Å². The molecule has 0 bridgehead atoms. The first-order valence-electron chi connectivity index (χ1n) is 4.45. The van der Waals surface area contributed by atoms with Gasteiger partial charge in [-0.25, -0.2) is 4.79 Å². The summed E-state index contributed by atoms with van der Waals surface area (Å²) in [6.45, 7) is 2.25. The van der Waals surface area contributed by atoms with Crippen LogP contribution in [0.5, 0.6) is 5.75 Å². The minimum Gasteiger partial charge on any atom is -0.507 e. The van der Waals surface area contributed by atoms with Crippen LogP contribution < -0.4 is 5.73 Å². The zero-order valence-electron chi connectivity index (χ0n) is 8.47. The Labute approximate surface area is 87.8 Å². The van der Waals surface area contributed by atoms with Gasteiger partial charge in [0.15, 0.2) is 0 Å². The second-order valence-corrected chi connectivity index (χ2v) is 2.81. The van der Waals surface area contributed by atoms with Crippen molar-refractivity contribution >= 4 is 11.7 Å². The first kappa shape index (κ1) is 13.2. The average Bonchev–Trinajstić information content (AvgIpc) is 2.22. The molecule has 1 rings (SSSR count). The molecule has 0 unspecified atom stereocenters. The third-order valence-corrected chi connectivity index (χ3v) is 1.47. The summed E-state index contributed by atoms with van der Waals surface area (Å²) in [5, 5.41) is 25.3. The first-order chi connectivity index (χ1) is 7.02. The first-order valence-corrected chi connectivity index (χ1v) is 4.45. The quantitative estimate of drug-likeness (QED) is 0.434. The van der Waals surface area contributed by atoms with Crippen LogP contribution in [0.15, 0.2) is 18.2 Å². The highest BCUT2D eigenvalue weighted by Gasteiger charge is 2.08. The lowest BCUT2D eigenvalue weighted by Gasteiger charge is -1.98. The van der Waals surface area contributed by atoms with Crippen LogP contribution in [0, 0.1) is 0 Å². The normalized spacial score (nSPS) is 8.93. The monoisotopic (exact) mass is 213 g/mol. The zero-order chi connectivity index (χ0) is 11.8. The van der Waals surface area contributed by atoms with E-state index in [1.54, 1.807) is 0 Å². The van der Waals surface area contributed by atoms with Crippen molar-refractivity contribution in [3.63, 3.8) is 0 Å². The van der Waals surface area contributed by atoms with Gasteiger partial charge < -0.3 is 21.1 Å². The Morgan fingerprint density at radius 3 is 2.33 bits per heavy atom. The van der Waals surface area contributed by atoms with E-state index in [1.807, 2.05) is 6.92 Å². The molecule has 0 aliphatic rings. The van der Waals surface area contributed by atoms with Gasteiger partial charge in [-0.1, -0.05) is 6.92 Å². The highest BCUT2D eigenvalue weighted by atomic mass is 16.4. The number of nitrogens with two attached hydrogens (primary N) is 1. The van der Waals surface area contributed by atoms with Gasteiger partial charge in [0.25, 0.3) is 0 Å². The summed E-state index contributed by atoms with van der Waals surface area (Å²) < 4.78 is 0. The molecule has 0 saturated heterocycles. The SMILES string of the molecule is CCCO.Nc1ccc(O)c(C(=O)O)c1. The number of nitrogen functional groups attached to an aromatic ring is 1. The fourth-order valence-corrected chi connectivity index (χ4v) is 0.725. The Bertz CT molecular complexity index is 323. The fraction of sp³-hybridized carbons (Fsp3) is 0.300. The van der Waals surface area contributed by atoms with Gasteiger partial charge in [-0.2, -0.15) is 0 Å². The number of aliphatic hydroxyl groups is 1. The maximum absolute atomic E-state index is 10.4. The van der Waals surface area contributed by atoms with E-state index in [9.17, 15) is 4.79 Å². The number of hydrogen-bond acceptors (Lipinski definition) is 4. The molecule has 0 amide bonds. The summed E-state index contributed by atoms with van der Waals surface area (Å²) >= 11 is 0. The number of anilines is 1. The predicted octanol–water partition coefficient (Wildman–Crippen LogP) is 1.06. The average molecular weight is 213 g/mol. The minimum atomic E-state index is -1.19. The molecule has 0 saturated carbocycles. The molecule has 15 heavy (non-hydrogen) atoms. The molecule has 5 heteroatoms. The number of aromatic hydroxyl groups is 1. The van der Waals surface area contributed by atoms with Crippen molar-refractivity contribution in [2.75, 3.05) is 12.3 Å². The van der Waals surface area contributed by atoms with Crippen molar-refractivity contribution in [1.82, 2.24) is 0 Å². The van der Waals surface area contributed by atoms with Gasteiger partial charge in [-0.3, -0.25) is 0 Å². The third kappa shape index (κ3) is 4.87. The van der Waals surface area contributed by atoms with Crippen molar-refractivity contribution in [3.8, 4) is 5.75 Å². The minimum absolute atomic E-state index is 0.176. The Kier molecular flexibility index (Phi) is 5.89. The van der Waals surface area contributed by atoms with Crippen LogP contribution in [-0.4, -0.2) is 27.9 Å². The number of carbonyl (C=O) groups is 1. The number of phenols is 1. The molecule has 1 aromatic rings. The lowest BCUT2D eigenvalue weighted by atomic mass is 10.2. The van der Waals surface area contributed by atoms with E-state index in [4.69, 9.17) is 21.1 Å². The molecular formula is C10H15NO4. The summed E-state index contributed by atoms with van der Waals surface area (Å²) in [6, 6.07) is 3.89. The third-order valence-electron chi connectivity index (χ3n) is 1.47. The number of benzene rings is 1. The smallest absolute Gasteiger partial charge is 0.339 e. The standard InChI is InChI=1S/C7H7NO3.C3H8O/c8-4-1-2-6(9)5(3-4)7(10)11;1-2-3-4/h1-3,9H,8H2,(H,10,11);4H,2-3H2,1H3. The largest absolute Gasteiger partial charge is 0.507 e. The molecule has 0 radical (unpaired) electrons. The van der Waals surface area contributed by atoms with Gasteiger partial charge in [-0.15, -0.1) is 0 Å². The molecule has 0 aliphatic carbocycles. The summed E-state index contributed by atoms with van der Waals surface area (Å²) in [4.78, 5) is 10.4. The molecule has 84 valence electrons. The molecule has 0 heterocycles. The maximum atomic E-state index is 10.4. The van der Waals surface area contributed by atoms with Crippen molar-refractivity contribution < 1.29 is 20.1 Å². The lowest BCUT2D eigenvalue weighted by molar-refractivity contribution is 0.0694. The summed E-state index contributed by atoms with van der Waals surface area (Å²) in [5.74, 6) is -1.46. The van der Waals surface area contributed by atoms with Gasteiger partial charge in [0.1, 0.15) is 11.3 Å². The molecule has 1 aromatic carbocycles. The Balaban J connectivity index is 0.000000423. The van der Waals surface area contributed by atoms with Gasteiger partial charge in [0.2, 0.25) is 0 Å². The van der Waals surface area contributed by atoms with Crippen LogP contribution in [0.4, 0.5) is 5.69 Å². The van der Waals surface area contributed by atoms with E-state index >= 15 is 0 Å². The topological polar surface area (TPSA) is 104 Å². The fourth-order valence-electron chi connectivity index (χ4n) is 0.725. The second kappa shape index (κ2) is 6.67. The second-order valence-electron chi connectivity index (χ2n) is 2.81. The number of hydrogen-bond donors (Lipinski definition) is 4. The Hall–Kier alpha value is -1.75. The van der Waals surface area contributed by atoms with Gasteiger partial charge in [0.05, 0.1) is 0 Å². The Morgan fingerprint density at radius 2 is 2.00 bits per heavy atom. The van der Waals surface area contributed by atoms with Crippen LogP contribution >= 0.6 is 0 Å². The summed E-state index contributed by atoms with van der Waals surface area (Å²) in [5.41, 5.74) is 5.43. The molecule has 5 nitrogen and oxygen atoms in total. The molecule has 0 spiro atoms. The highest BCUT2D eigenvalue weighted by Crippen LogP contribution is 2.18. The van der Waals surface area contributed by atoms with E-state index in [-0.39, 0.29) is 11.3 Å². The number of aliphatic hydroxyl groups excluding tert-OH is 1. The van der Waals surface area contributed by atoms with Crippen LogP contribution in [0.3, 0.4) is 0 Å². The maximum Gasteiger partial charge on any atom is 0.339 e. The molecule has 0 atom stereocenters. The van der Waals surface area contributed by atoms with Crippen LogP contribution in [-0.2, 0) is 0 Å². The van der Waals surface area contributed by atoms with Crippen LogP contribution in [0.1, 0.15) is 23.7 Å². The van der Waals surface area contributed by atoms with Crippen molar-refractivity contribution in [2.24, 2.45) is 0 Å². The van der Waals surface area contributed by atoms with Gasteiger partial charge >= 0.3 is 5.97 Å². The molecular weight excluding hydrogens is 198 g/mol. The lowest BCUT2D eigenvalue weighted by Crippen LogP contribution is -1.97. The van der Waals surface area contributed by atoms with E-state index < -0.39 is 5.97 Å². The number of aromatic carboxylic acids is 1. The number of carboxylic acid groups (broad SMARTS) is 1. The van der Waals surface area contributed by atoms with Crippen LogP contribution in [0.2, 0.25) is 0 Å². The predicted molar refractivity (Wildman–Crippen MR) is 56.9 cm³/mol.